The number of amides is 3. The van der Waals surface area contributed by atoms with Gasteiger partial charge in [-0.1, -0.05) is 13.8 Å². The molecule has 0 aromatic heterocycles. The molecule has 1 atom stereocenters. The van der Waals surface area contributed by atoms with Crippen molar-refractivity contribution >= 4 is 30.5 Å². The van der Waals surface area contributed by atoms with E-state index in [-0.39, 0.29) is 23.8 Å². The minimum absolute atomic E-state index is 0.0868. The molecule has 1 aliphatic rings. The van der Waals surface area contributed by atoms with Gasteiger partial charge in [0.25, 0.3) is 0 Å². The van der Waals surface area contributed by atoms with Gasteiger partial charge in [0, 0.05) is 17.6 Å². The average molecular weight is 359 g/mol. The number of rotatable bonds is 4. The molecule has 6 nitrogen and oxygen atoms in total. The first-order valence-electron chi connectivity index (χ1n) is 8.16. The number of nitrogens with zero attached hydrogens (tertiary/aromatic N) is 1. The third-order valence-electron chi connectivity index (χ3n) is 3.77. The molecule has 138 valence electrons. The Morgan fingerprint density at radius 1 is 1.21 bits per heavy atom. The second kappa shape index (κ2) is 6.94. The van der Waals surface area contributed by atoms with Crippen LogP contribution in [0, 0.1) is 5.41 Å². The van der Waals surface area contributed by atoms with E-state index in [4.69, 9.17) is 4.74 Å². The van der Waals surface area contributed by atoms with E-state index < -0.39 is 22.5 Å². The Bertz CT molecular complexity index is 498. The van der Waals surface area contributed by atoms with E-state index in [1.54, 1.807) is 20.8 Å². The van der Waals surface area contributed by atoms with Crippen molar-refractivity contribution in [1.29, 1.82) is 0 Å². The summed E-state index contributed by atoms with van der Waals surface area (Å²) >= 11 is 4.51. The first-order valence-corrected chi connectivity index (χ1v) is 8.60. The molecule has 1 aliphatic heterocycles. The van der Waals surface area contributed by atoms with Crippen molar-refractivity contribution in [2.75, 3.05) is 6.54 Å². The molecule has 1 heterocycles. The van der Waals surface area contributed by atoms with E-state index >= 15 is 0 Å². The fourth-order valence-electron chi connectivity index (χ4n) is 2.49. The van der Waals surface area contributed by atoms with Gasteiger partial charge in [-0.3, -0.25) is 14.5 Å². The van der Waals surface area contributed by atoms with Crippen LogP contribution in [-0.2, 0) is 14.3 Å². The van der Waals surface area contributed by atoms with Crippen molar-refractivity contribution in [2.45, 2.75) is 77.7 Å². The SMILES string of the molecule is CC1(C)CC(=O)N(C[C@@H](NC(=O)OC(C)(C)C)C(C)(C)S)C(=O)C1. The zero-order chi connectivity index (χ0) is 18.9. The Balaban J connectivity index is 2.86. The normalized spacial score (nSPS) is 19.9. The number of alkyl carbamates (subject to hydrolysis) is 1. The van der Waals surface area contributed by atoms with E-state index in [9.17, 15) is 14.4 Å². The maximum Gasteiger partial charge on any atom is 0.407 e. The van der Waals surface area contributed by atoms with Gasteiger partial charge in [0.1, 0.15) is 5.60 Å². The van der Waals surface area contributed by atoms with Crippen molar-refractivity contribution in [1.82, 2.24) is 10.2 Å². The molecular formula is C17H30N2O4S. The number of ether oxygens (including phenoxy) is 1. The number of hydrogen-bond acceptors (Lipinski definition) is 5. The summed E-state index contributed by atoms with van der Waals surface area (Å²) in [7, 11) is 0. The Labute approximate surface area is 150 Å². The molecule has 0 aromatic carbocycles. The molecule has 0 aromatic rings. The lowest BCUT2D eigenvalue weighted by Gasteiger charge is -2.39. The zero-order valence-electron chi connectivity index (χ0n) is 15.7. The number of hydrogen-bond donors (Lipinski definition) is 2. The lowest BCUT2D eigenvalue weighted by molar-refractivity contribution is -0.153. The van der Waals surface area contributed by atoms with Crippen molar-refractivity contribution in [3.8, 4) is 0 Å². The van der Waals surface area contributed by atoms with Crippen LogP contribution in [0.15, 0.2) is 0 Å². The van der Waals surface area contributed by atoms with Crippen molar-refractivity contribution in [3.63, 3.8) is 0 Å². The fourth-order valence-corrected chi connectivity index (χ4v) is 2.64. The van der Waals surface area contributed by atoms with Gasteiger partial charge in [-0.15, -0.1) is 0 Å². The number of carbonyl (C=O) groups is 3. The van der Waals surface area contributed by atoms with Crippen LogP contribution in [-0.4, -0.2) is 45.7 Å². The van der Waals surface area contributed by atoms with Gasteiger partial charge in [0.05, 0.1) is 12.6 Å². The van der Waals surface area contributed by atoms with Crippen LogP contribution in [0.1, 0.15) is 61.3 Å². The molecule has 1 rings (SSSR count). The van der Waals surface area contributed by atoms with Gasteiger partial charge >= 0.3 is 6.09 Å². The molecule has 0 spiro atoms. The van der Waals surface area contributed by atoms with Gasteiger partial charge < -0.3 is 10.1 Å². The lowest BCUT2D eigenvalue weighted by atomic mass is 9.81. The van der Waals surface area contributed by atoms with E-state index in [2.05, 4.69) is 17.9 Å². The lowest BCUT2D eigenvalue weighted by Crippen LogP contribution is -2.57. The summed E-state index contributed by atoms with van der Waals surface area (Å²) < 4.78 is 4.63. The number of nitrogens with one attached hydrogen (secondary N) is 1. The van der Waals surface area contributed by atoms with Crippen LogP contribution in [0.25, 0.3) is 0 Å². The standard InChI is InChI=1S/C17H30N2O4S/c1-15(2,3)23-14(22)18-11(17(6,7)24)10-19-12(20)8-16(4,5)9-13(19)21/h11,24H,8-10H2,1-7H3,(H,18,22)/t11-/m1/s1. The third kappa shape index (κ3) is 6.34. The second-order valence-electron chi connectivity index (χ2n) is 8.77. The Hall–Kier alpha value is -1.24. The highest BCUT2D eigenvalue weighted by molar-refractivity contribution is 7.81. The number of carbonyl (C=O) groups excluding carboxylic acids is 3. The number of thiol groups is 1. The monoisotopic (exact) mass is 358 g/mol. The highest BCUT2D eigenvalue weighted by Crippen LogP contribution is 2.32. The molecule has 1 saturated heterocycles. The molecule has 0 saturated carbocycles. The maximum atomic E-state index is 12.3. The van der Waals surface area contributed by atoms with Crippen LogP contribution in [0.4, 0.5) is 4.79 Å². The molecule has 1 N–H and O–H groups in total. The molecule has 0 radical (unpaired) electrons. The van der Waals surface area contributed by atoms with E-state index in [1.807, 2.05) is 27.7 Å². The molecular weight excluding hydrogens is 328 g/mol. The minimum Gasteiger partial charge on any atom is -0.444 e. The fraction of sp³-hybridized carbons (Fsp3) is 0.824. The highest BCUT2D eigenvalue weighted by atomic mass is 32.1. The first-order chi connectivity index (χ1) is 10.6. The Morgan fingerprint density at radius 2 is 1.67 bits per heavy atom. The highest BCUT2D eigenvalue weighted by Gasteiger charge is 2.40. The van der Waals surface area contributed by atoms with Crippen molar-refractivity contribution in [3.05, 3.63) is 0 Å². The van der Waals surface area contributed by atoms with Gasteiger partial charge in [0.15, 0.2) is 0 Å². The summed E-state index contributed by atoms with van der Waals surface area (Å²) in [6.07, 6.45) is 0.0300. The summed E-state index contributed by atoms with van der Waals surface area (Å²) in [6.45, 7) is 12.8. The van der Waals surface area contributed by atoms with Crippen molar-refractivity contribution in [2.24, 2.45) is 5.41 Å². The van der Waals surface area contributed by atoms with Crippen LogP contribution in [0.5, 0.6) is 0 Å². The maximum absolute atomic E-state index is 12.3. The summed E-state index contributed by atoms with van der Waals surface area (Å²) in [5, 5.41) is 2.74. The second-order valence-corrected chi connectivity index (χ2v) is 9.92. The summed E-state index contributed by atoms with van der Waals surface area (Å²) in [5.41, 5.74) is -0.953. The molecule has 0 unspecified atom stereocenters. The largest absolute Gasteiger partial charge is 0.444 e. The minimum atomic E-state index is -0.634. The summed E-state index contributed by atoms with van der Waals surface area (Å²) in [6, 6.07) is -0.523. The zero-order valence-corrected chi connectivity index (χ0v) is 16.6. The van der Waals surface area contributed by atoms with Crippen molar-refractivity contribution < 1.29 is 19.1 Å². The smallest absolute Gasteiger partial charge is 0.407 e. The Morgan fingerprint density at radius 3 is 2.04 bits per heavy atom. The van der Waals surface area contributed by atoms with E-state index in [0.29, 0.717) is 12.8 Å². The summed E-state index contributed by atoms with van der Waals surface area (Å²) in [4.78, 5) is 38.0. The topological polar surface area (TPSA) is 75.7 Å². The molecule has 0 bridgehead atoms. The Kier molecular flexibility index (Phi) is 6.02. The van der Waals surface area contributed by atoms with E-state index in [1.165, 1.54) is 4.90 Å². The predicted octanol–water partition coefficient (Wildman–Crippen LogP) is 2.76. The van der Waals surface area contributed by atoms with Gasteiger partial charge in [-0.05, 0) is 40.0 Å². The van der Waals surface area contributed by atoms with Crippen LogP contribution < -0.4 is 5.32 Å². The number of imide groups is 1. The summed E-state index contributed by atoms with van der Waals surface area (Å²) in [5.74, 6) is -0.436. The molecule has 1 fully saturated rings. The molecule has 24 heavy (non-hydrogen) atoms. The molecule has 3 amide bonds. The third-order valence-corrected chi connectivity index (χ3v) is 4.08. The quantitative estimate of drug-likeness (QED) is 0.598. The predicted molar refractivity (Wildman–Crippen MR) is 96.0 cm³/mol. The average Bonchev–Trinajstić information content (AvgIpc) is 2.26. The van der Waals surface area contributed by atoms with Crippen LogP contribution in [0.2, 0.25) is 0 Å². The van der Waals surface area contributed by atoms with Gasteiger partial charge in [0.2, 0.25) is 11.8 Å². The van der Waals surface area contributed by atoms with E-state index in [0.717, 1.165) is 0 Å². The van der Waals surface area contributed by atoms with Gasteiger partial charge in [-0.2, -0.15) is 12.6 Å². The molecule has 0 aliphatic carbocycles. The first kappa shape index (κ1) is 20.8. The van der Waals surface area contributed by atoms with Gasteiger partial charge in [-0.25, -0.2) is 4.79 Å². The number of piperidine rings is 1. The van der Waals surface area contributed by atoms with Crippen LogP contribution in [0.3, 0.4) is 0 Å². The van der Waals surface area contributed by atoms with Crippen LogP contribution >= 0.6 is 12.6 Å². The number of likely N-dealkylation sites (tertiary alicyclic amines) is 1. The molecule has 7 heteroatoms.